The molecule has 0 amide bonds. The third kappa shape index (κ3) is 1.91. The Bertz CT molecular complexity index is 506. The van der Waals surface area contributed by atoms with E-state index in [0.29, 0.717) is 0 Å². The Labute approximate surface area is 116 Å². The van der Waals surface area contributed by atoms with Crippen LogP contribution in [0.4, 0.5) is 5.69 Å². The van der Waals surface area contributed by atoms with E-state index in [9.17, 15) is 0 Å². The number of benzene rings is 1. The zero-order valence-corrected chi connectivity index (χ0v) is 11.6. The number of hydrogen-bond acceptors (Lipinski definition) is 0. The maximum absolute atomic E-state index is 4.86. The molecule has 19 heavy (non-hydrogen) atoms. The molecule has 0 N–H and O–H groups in total. The lowest BCUT2D eigenvalue weighted by Gasteiger charge is -2.24. The highest BCUT2D eigenvalue weighted by Crippen LogP contribution is 2.51. The lowest BCUT2D eigenvalue weighted by molar-refractivity contribution is 0.355. The molecule has 0 spiro atoms. The van der Waals surface area contributed by atoms with E-state index in [2.05, 4.69) is 24.3 Å². The predicted octanol–water partition coefficient (Wildman–Crippen LogP) is 5.03. The second-order valence-electron chi connectivity index (χ2n) is 6.39. The topological polar surface area (TPSA) is 14.1 Å². The monoisotopic (exact) mass is 252 g/mol. The largest absolute Gasteiger partial charge is 0.253 e. The second-order valence-corrected chi connectivity index (χ2v) is 6.39. The molecule has 1 radical (unpaired) electrons. The van der Waals surface area contributed by atoms with E-state index in [0.717, 1.165) is 11.8 Å². The maximum atomic E-state index is 4.86. The molecule has 1 unspecified atom stereocenters. The van der Waals surface area contributed by atoms with Crippen LogP contribution in [0.15, 0.2) is 30.0 Å². The molecule has 4 rings (SSSR count). The van der Waals surface area contributed by atoms with Crippen LogP contribution in [0.2, 0.25) is 0 Å². The molecule has 1 aliphatic heterocycles. The van der Waals surface area contributed by atoms with E-state index in [1.807, 2.05) is 0 Å². The smallest absolute Gasteiger partial charge is 0.0708 e. The SMILES string of the molecule is c1ccc2c(c1)[N]C1=C2C(C2CCCCCC2)CC1. The number of para-hydroxylation sites is 1. The molecule has 3 aliphatic rings. The summed E-state index contributed by atoms with van der Waals surface area (Å²) in [5.74, 6) is 1.73. The molecule has 1 nitrogen and oxygen atoms in total. The average Bonchev–Trinajstić information content (AvgIpc) is 2.88. The number of fused-ring (bicyclic) bond motifs is 2. The molecule has 1 heteroatoms. The van der Waals surface area contributed by atoms with Gasteiger partial charge in [0.1, 0.15) is 0 Å². The first-order valence-electron chi connectivity index (χ1n) is 7.97. The molecule has 1 saturated carbocycles. The van der Waals surface area contributed by atoms with Crippen LogP contribution in [0.3, 0.4) is 0 Å². The number of nitrogens with zero attached hydrogens (tertiary/aromatic N) is 1. The Morgan fingerprint density at radius 1 is 0.895 bits per heavy atom. The van der Waals surface area contributed by atoms with E-state index in [4.69, 9.17) is 5.32 Å². The number of allylic oxidation sites excluding steroid dienone is 2. The first kappa shape index (κ1) is 11.6. The van der Waals surface area contributed by atoms with E-state index in [-0.39, 0.29) is 0 Å². The van der Waals surface area contributed by atoms with Crippen LogP contribution in [0.1, 0.15) is 56.9 Å². The first-order chi connectivity index (χ1) is 9.43. The van der Waals surface area contributed by atoms with Crippen molar-refractivity contribution in [3.05, 3.63) is 35.5 Å². The Morgan fingerprint density at radius 2 is 1.68 bits per heavy atom. The summed E-state index contributed by atoms with van der Waals surface area (Å²) in [6, 6.07) is 8.76. The van der Waals surface area contributed by atoms with Crippen LogP contribution < -0.4 is 5.32 Å². The van der Waals surface area contributed by atoms with Crippen molar-refractivity contribution in [3.8, 4) is 0 Å². The highest BCUT2D eigenvalue weighted by molar-refractivity contribution is 5.84. The lowest BCUT2D eigenvalue weighted by Crippen LogP contribution is -2.13. The minimum absolute atomic E-state index is 0.806. The number of hydrogen-bond donors (Lipinski definition) is 0. The second kappa shape index (κ2) is 4.70. The highest BCUT2D eigenvalue weighted by Gasteiger charge is 2.37. The summed E-state index contributed by atoms with van der Waals surface area (Å²) in [5.41, 5.74) is 5.72. The van der Waals surface area contributed by atoms with E-state index in [1.165, 1.54) is 68.3 Å². The van der Waals surface area contributed by atoms with Crippen molar-refractivity contribution in [2.45, 2.75) is 51.4 Å². The third-order valence-electron chi connectivity index (χ3n) is 5.29. The van der Waals surface area contributed by atoms with Gasteiger partial charge in [0, 0.05) is 11.3 Å². The van der Waals surface area contributed by atoms with Gasteiger partial charge in [-0.2, -0.15) is 0 Å². The first-order valence-corrected chi connectivity index (χ1v) is 7.97. The standard InChI is InChI=1S/C18H22N/c1-2-4-8-13(7-3-1)14-11-12-17-18(14)15-9-5-6-10-16(15)19-17/h5-6,9-10,13-14H,1-4,7-8,11-12H2. The Morgan fingerprint density at radius 3 is 2.53 bits per heavy atom. The fourth-order valence-electron chi connectivity index (χ4n) is 4.39. The van der Waals surface area contributed by atoms with Gasteiger partial charge in [-0.25, -0.2) is 0 Å². The molecular formula is C18H22N. The van der Waals surface area contributed by atoms with Crippen LogP contribution in [0.5, 0.6) is 0 Å². The zero-order valence-electron chi connectivity index (χ0n) is 11.6. The summed E-state index contributed by atoms with van der Waals surface area (Å²) in [6.45, 7) is 0. The van der Waals surface area contributed by atoms with Gasteiger partial charge in [0.2, 0.25) is 0 Å². The molecule has 0 bridgehead atoms. The molecule has 0 saturated heterocycles. The van der Waals surface area contributed by atoms with Gasteiger partial charge in [-0.05, 0) is 49.2 Å². The van der Waals surface area contributed by atoms with Gasteiger partial charge in [0.25, 0.3) is 0 Å². The van der Waals surface area contributed by atoms with Crippen molar-refractivity contribution in [1.82, 2.24) is 5.32 Å². The lowest BCUT2D eigenvalue weighted by atomic mass is 9.80. The Balaban J connectivity index is 1.65. The van der Waals surface area contributed by atoms with Crippen LogP contribution >= 0.6 is 0 Å². The summed E-state index contributed by atoms with van der Waals surface area (Å²) in [6.07, 6.45) is 11.3. The van der Waals surface area contributed by atoms with Crippen LogP contribution in [0, 0.1) is 11.8 Å². The summed E-state index contributed by atoms with van der Waals surface area (Å²) >= 11 is 0. The molecule has 2 aliphatic carbocycles. The van der Waals surface area contributed by atoms with Gasteiger partial charge in [0.05, 0.1) is 5.69 Å². The minimum Gasteiger partial charge on any atom is -0.253 e. The normalized spacial score (nSPS) is 26.8. The third-order valence-corrected chi connectivity index (χ3v) is 5.29. The van der Waals surface area contributed by atoms with Crippen molar-refractivity contribution in [3.63, 3.8) is 0 Å². The van der Waals surface area contributed by atoms with E-state index >= 15 is 0 Å². The average molecular weight is 252 g/mol. The van der Waals surface area contributed by atoms with Crippen LogP contribution in [-0.4, -0.2) is 0 Å². The van der Waals surface area contributed by atoms with Gasteiger partial charge < -0.3 is 0 Å². The Kier molecular flexibility index (Phi) is 2.86. The molecule has 1 heterocycles. The molecular weight excluding hydrogens is 230 g/mol. The van der Waals surface area contributed by atoms with Gasteiger partial charge in [-0.15, -0.1) is 0 Å². The zero-order chi connectivity index (χ0) is 12.7. The fraction of sp³-hybridized carbons (Fsp3) is 0.556. The molecule has 99 valence electrons. The molecule has 1 fully saturated rings. The highest BCUT2D eigenvalue weighted by atomic mass is 14.9. The van der Waals surface area contributed by atoms with Gasteiger partial charge >= 0.3 is 0 Å². The summed E-state index contributed by atoms with van der Waals surface area (Å²) < 4.78 is 0. The summed E-state index contributed by atoms with van der Waals surface area (Å²) in [5, 5.41) is 4.86. The van der Waals surface area contributed by atoms with Crippen molar-refractivity contribution in [2.75, 3.05) is 0 Å². The van der Waals surface area contributed by atoms with Crippen molar-refractivity contribution < 1.29 is 0 Å². The van der Waals surface area contributed by atoms with Crippen molar-refractivity contribution >= 4 is 11.3 Å². The summed E-state index contributed by atoms with van der Waals surface area (Å²) in [7, 11) is 0. The molecule has 1 atom stereocenters. The van der Waals surface area contributed by atoms with E-state index in [1.54, 1.807) is 5.57 Å². The van der Waals surface area contributed by atoms with Gasteiger partial charge in [0.15, 0.2) is 0 Å². The quantitative estimate of drug-likeness (QED) is 0.622. The van der Waals surface area contributed by atoms with Gasteiger partial charge in [-0.1, -0.05) is 43.9 Å². The van der Waals surface area contributed by atoms with E-state index < -0.39 is 0 Å². The maximum Gasteiger partial charge on any atom is 0.0708 e. The molecule has 1 aromatic carbocycles. The molecule has 0 aromatic heterocycles. The summed E-state index contributed by atoms with van der Waals surface area (Å²) in [4.78, 5) is 0. The van der Waals surface area contributed by atoms with Crippen LogP contribution in [0.25, 0.3) is 5.57 Å². The predicted molar refractivity (Wildman–Crippen MR) is 79.1 cm³/mol. The van der Waals surface area contributed by atoms with Crippen molar-refractivity contribution in [1.29, 1.82) is 0 Å². The molecule has 1 aromatic rings. The number of rotatable bonds is 1. The Hall–Kier alpha value is -1.24. The van der Waals surface area contributed by atoms with Gasteiger partial charge in [-0.3, -0.25) is 5.32 Å². The van der Waals surface area contributed by atoms with Crippen LogP contribution in [-0.2, 0) is 0 Å². The van der Waals surface area contributed by atoms with Crippen molar-refractivity contribution in [2.24, 2.45) is 11.8 Å². The minimum atomic E-state index is 0.806. The fourth-order valence-corrected chi connectivity index (χ4v) is 4.39.